The van der Waals surface area contributed by atoms with Gasteiger partial charge in [0.2, 0.25) is 11.5 Å². The van der Waals surface area contributed by atoms with Crippen molar-refractivity contribution >= 4 is 28.0 Å². The smallest absolute Gasteiger partial charge is 0.297 e. The van der Waals surface area contributed by atoms with Crippen LogP contribution in [-0.4, -0.2) is 27.4 Å². The summed E-state index contributed by atoms with van der Waals surface area (Å²) in [6.45, 7) is 0.436. The Morgan fingerprint density at radius 3 is 2.83 bits per heavy atom. The van der Waals surface area contributed by atoms with Crippen LogP contribution in [0.3, 0.4) is 0 Å². The zero-order valence-electron chi connectivity index (χ0n) is 12.8. The summed E-state index contributed by atoms with van der Waals surface area (Å²) in [6.07, 6.45) is -2.42. The molecule has 0 aliphatic carbocycles. The topological polar surface area (TPSA) is 68.3 Å². The van der Waals surface area contributed by atoms with Gasteiger partial charge in [0.1, 0.15) is 16.9 Å². The van der Waals surface area contributed by atoms with Crippen LogP contribution in [0.4, 0.5) is 8.78 Å². The van der Waals surface area contributed by atoms with Gasteiger partial charge in [-0.05, 0) is 12.1 Å². The van der Waals surface area contributed by atoms with Gasteiger partial charge in [0, 0.05) is 31.0 Å². The second kappa shape index (κ2) is 5.12. The third-order valence-corrected chi connectivity index (χ3v) is 4.29. The van der Waals surface area contributed by atoms with Gasteiger partial charge in [-0.15, -0.1) is 0 Å². The highest BCUT2D eigenvalue weighted by Crippen LogP contribution is 2.30. The zero-order chi connectivity index (χ0) is 17.0. The first-order chi connectivity index (χ1) is 11.5. The summed E-state index contributed by atoms with van der Waals surface area (Å²) in [5.74, 6) is 0.393. The molecule has 0 spiro atoms. The molecule has 124 valence electrons. The molecular weight excluding hydrogens is 320 g/mol. The summed E-state index contributed by atoms with van der Waals surface area (Å²) in [5.41, 5.74) is 0.000947. The maximum atomic E-state index is 12.8. The lowest BCUT2D eigenvalue weighted by atomic mass is 10.1. The number of carbonyl (C=O) groups excluding carboxylic acids is 1. The van der Waals surface area contributed by atoms with Gasteiger partial charge in [-0.1, -0.05) is 6.07 Å². The molecule has 1 aromatic carbocycles. The van der Waals surface area contributed by atoms with Crippen molar-refractivity contribution in [3.8, 4) is 0 Å². The van der Waals surface area contributed by atoms with E-state index in [4.69, 9.17) is 4.42 Å². The maximum absolute atomic E-state index is 12.8. The van der Waals surface area contributed by atoms with Gasteiger partial charge < -0.3 is 9.32 Å². The number of nitrogens with zero attached hydrogens (tertiary/aromatic N) is 3. The van der Waals surface area contributed by atoms with Crippen LogP contribution < -0.4 is 5.56 Å². The largest absolute Gasteiger partial charge is 0.448 e. The summed E-state index contributed by atoms with van der Waals surface area (Å²) < 4.78 is 32.6. The summed E-state index contributed by atoms with van der Waals surface area (Å²) in [4.78, 5) is 30.5. The van der Waals surface area contributed by atoms with Crippen LogP contribution in [0.1, 0.15) is 24.2 Å². The molecule has 6 nitrogen and oxygen atoms in total. The second-order valence-electron chi connectivity index (χ2n) is 5.82. The lowest BCUT2D eigenvalue weighted by Gasteiger charge is -2.13. The Morgan fingerprint density at radius 2 is 2.08 bits per heavy atom. The Hall–Kier alpha value is -2.77. The van der Waals surface area contributed by atoms with Crippen molar-refractivity contribution in [3.05, 3.63) is 39.9 Å². The van der Waals surface area contributed by atoms with Crippen molar-refractivity contribution in [2.75, 3.05) is 7.05 Å². The van der Waals surface area contributed by atoms with Gasteiger partial charge in [0.15, 0.2) is 0 Å². The third-order valence-electron chi connectivity index (χ3n) is 4.29. The lowest BCUT2D eigenvalue weighted by molar-refractivity contribution is -0.130. The van der Waals surface area contributed by atoms with Gasteiger partial charge in [-0.2, -0.15) is 0 Å². The number of carbonyl (C=O) groups is 1. The van der Waals surface area contributed by atoms with Gasteiger partial charge in [-0.3, -0.25) is 14.2 Å². The summed E-state index contributed by atoms with van der Waals surface area (Å²) in [7, 11) is 1.65. The molecule has 0 atom stereocenters. The number of hydrogen-bond donors (Lipinski definition) is 0. The van der Waals surface area contributed by atoms with Gasteiger partial charge in [0.05, 0.1) is 6.54 Å². The summed E-state index contributed by atoms with van der Waals surface area (Å²) in [6, 6.07) is 4.01. The molecule has 2 aromatic heterocycles. The summed E-state index contributed by atoms with van der Waals surface area (Å²) in [5, 5.41) is 0.508. The highest BCUT2D eigenvalue weighted by atomic mass is 19.3. The van der Waals surface area contributed by atoms with Crippen molar-refractivity contribution < 1.29 is 18.0 Å². The fraction of sp³-hybridized carbons (Fsp3) is 0.312. The maximum Gasteiger partial charge on any atom is 0.297 e. The van der Waals surface area contributed by atoms with Gasteiger partial charge in [0.25, 0.3) is 12.0 Å². The van der Waals surface area contributed by atoms with Crippen molar-refractivity contribution in [1.29, 1.82) is 0 Å². The van der Waals surface area contributed by atoms with Crippen molar-refractivity contribution in [2.24, 2.45) is 0 Å². The second-order valence-corrected chi connectivity index (χ2v) is 5.82. The van der Waals surface area contributed by atoms with Crippen LogP contribution in [0, 0.1) is 0 Å². The molecule has 1 aliphatic heterocycles. The minimum atomic E-state index is -2.62. The highest BCUT2D eigenvalue weighted by molar-refractivity contribution is 6.02. The molecule has 0 N–H and O–H groups in total. The first-order valence-corrected chi connectivity index (χ1v) is 7.43. The SMILES string of the molecule is CN1Cc2nc3c(oc4cc(C(F)F)ccc43)c(=O)n2CCC1=O. The van der Waals surface area contributed by atoms with Crippen LogP contribution >= 0.6 is 0 Å². The fourth-order valence-corrected chi connectivity index (χ4v) is 2.97. The van der Waals surface area contributed by atoms with E-state index in [-0.39, 0.29) is 42.1 Å². The molecule has 3 heterocycles. The minimum Gasteiger partial charge on any atom is -0.448 e. The Bertz CT molecular complexity index is 1040. The monoisotopic (exact) mass is 333 g/mol. The van der Waals surface area contributed by atoms with Crippen LogP contribution in [-0.2, 0) is 17.9 Å². The van der Waals surface area contributed by atoms with E-state index in [1.54, 1.807) is 7.05 Å². The Morgan fingerprint density at radius 1 is 1.29 bits per heavy atom. The van der Waals surface area contributed by atoms with Crippen LogP contribution in [0.5, 0.6) is 0 Å². The number of fused-ring (bicyclic) bond motifs is 4. The zero-order valence-corrected chi connectivity index (χ0v) is 12.8. The molecule has 0 bridgehead atoms. The van der Waals surface area contributed by atoms with E-state index in [0.717, 1.165) is 0 Å². The number of benzene rings is 1. The molecule has 1 amide bonds. The molecule has 4 rings (SSSR count). The molecule has 3 aromatic rings. The number of amides is 1. The number of aromatic nitrogens is 2. The van der Waals surface area contributed by atoms with Crippen LogP contribution in [0.2, 0.25) is 0 Å². The Balaban J connectivity index is 2.00. The average Bonchev–Trinajstić information content (AvgIpc) is 2.84. The van der Waals surface area contributed by atoms with Crippen molar-refractivity contribution in [3.63, 3.8) is 0 Å². The Labute approximate surface area is 134 Å². The fourth-order valence-electron chi connectivity index (χ4n) is 2.97. The molecule has 0 radical (unpaired) electrons. The van der Waals surface area contributed by atoms with E-state index >= 15 is 0 Å². The normalized spacial score (nSPS) is 15.3. The van der Waals surface area contributed by atoms with E-state index < -0.39 is 12.0 Å². The average molecular weight is 333 g/mol. The predicted molar refractivity (Wildman–Crippen MR) is 81.8 cm³/mol. The molecule has 1 aliphatic rings. The van der Waals surface area contributed by atoms with Crippen molar-refractivity contribution in [2.45, 2.75) is 25.9 Å². The third kappa shape index (κ3) is 2.10. The number of halogens is 2. The van der Waals surface area contributed by atoms with Crippen LogP contribution in [0.25, 0.3) is 22.1 Å². The first-order valence-electron chi connectivity index (χ1n) is 7.43. The van der Waals surface area contributed by atoms with E-state index in [2.05, 4.69) is 4.98 Å². The molecule has 0 saturated heterocycles. The lowest BCUT2D eigenvalue weighted by Crippen LogP contribution is -2.26. The highest BCUT2D eigenvalue weighted by Gasteiger charge is 2.23. The summed E-state index contributed by atoms with van der Waals surface area (Å²) >= 11 is 0. The van der Waals surface area contributed by atoms with E-state index in [9.17, 15) is 18.4 Å². The molecule has 0 saturated carbocycles. The number of hydrogen-bond acceptors (Lipinski definition) is 4. The molecular formula is C16H13F2N3O3. The molecule has 8 heteroatoms. The minimum absolute atomic E-state index is 0.0252. The Kier molecular flexibility index (Phi) is 3.16. The molecule has 0 unspecified atom stereocenters. The van der Waals surface area contributed by atoms with Crippen LogP contribution in [0.15, 0.2) is 27.4 Å². The number of rotatable bonds is 1. The van der Waals surface area contributed by atoms with Gasteiger partial charge >= 0.3 is 0 Å². The molecule has 24 heavy (non-hydrogen) atoms. The molecule has 0 fully saturated rings. The van der Waals surface area contributed by atoms with Gasteiger partial charge in [-0.25, -0.2) is 13.8 Å². The first kappa shape index (κ1) is 14.8. The quantitative estimate of drug-likeness (QED) is 0.686. The predicted octanol–water partition coefficient (Wildman–Crippen LogP) is 2.44. The number of alkyl halides is 2. The number of furan rings is 1. The van der Waals surface area contributed by atoms with E-state index in [0.29, 0.717) is 16.7 Å². The standard InChI is InChI=1S/C16H13F2N3O3/c1-20-7-11-19-13-9-3-2-8(15(17)18)6-10(9)24-14(13)16(23)21(11)5-4-12(20)22/h2-3,6,15H,4-5,7H2,1H3. The van der Waals surface area contributed by atoms with E-state index in [1.807, 2.05) is 0 Å². The van der Waals surface area contributed by atoms with Crippen molar-refractivity contribution in [1.82, 2.24) is 14.5 Å². The van der Waals surface area contributed by atoms with E-state index in [1.165, 1.54) is 27.7 Å².